The molecule has 0 spiro atoms. The Morgan fingerprint density at radius 3 is 2.53 bits per heavy atom. The van der Waals surface area contributed by atoms with Gasteiger partial charge in [-0.2, -0.15) is 0 Å². The maximum absolute atomic E-state index is 10.9. The van der Waals surface area contributed by atoms with Gasteiger partial charge in [-0.15, -0.1) is 0 Å². The Kier molecular flexibility index (Phi) is 3.75. The Balaban J connectivity index is 2.02. The van der Waals surface area contributed by atoms with Gasteiger partial charge >= 0.3 is 5.97 Å². The van der Waals surface area contributed by atoms with Crippen LogP contribution in [0.25, 0.3) is 0 Å². The molecule has 100 valence electrons. The van der Waals surface area contributed by atoms with Gasteiger partial charge in [-0.3, -0.25) is 0 Å². The van der Waals surface area contributed by atoms with Crippen LogP contribution in [0.3, 0.4) is 0 Å². The lowest BCUT2D eigenvalue weighted by Crippen LogP contribution is -2.08. The quantitative estimate of drug-likeness (QED) is 0.865. The number of carboxylic acids is 1. The third-order valence-electron chi connectivity index (χ3n) is 2.81. The summed E-state index contributed by atoms with van der Waals surface area (Å²) in [5.41, 5.74) is 2.67. The molecule has 1 aromatic carbocycles. The molecule has 2 aromatic rings. The minimum atomic E-state index is -1.05. The zero-order chi connectivity index (χ0) is 13.8. The number of benzene rings is 1. The van der Waals surface area contributed by atoms with Crippen molar-refractivity contribution in [1.82, 2.24) is 0 Å². The molecular weight excluding hydrogens is 244 g/mol. The second kappa shape index (κ2) is 5.48. The lowest BCUT2D eigenvalue weighted by Gasteiger charge is -2.13. The summed E-state index contributed by atoms with van der Waals surface area (Å²) in [6.45, 7) is 0.416. The van der Waals surface area contributed by atoms with Crippen LogP contribution in [-0.2, 0) is 6.54 Å². The average molecular weight is 260 g/mol. The lowest BCUT2D eigenvalue weighted by molar-refractivity contribution is 0.0661. The van der Waals surface area contributed by atoms with Crippen molar-refractivity contribution in [2.45, 2.75) is 6.54 Å². The summed E-state index contributed by atoms with van der Waals surface area (Å²) in [4.78, 5) is 12.9. The normalized spacial score (nSPS) is 10.2. The van der Waals surface area contributed by atoms with Crippen LogP contribution in [0.1, 0.15) is 16.1 Å². The molecule has 0 fully saturated rings. The molecule has 2 rings (SSSR count). The highest BCUT2D eigenvalue weighted by molar-refractivity contribution is 5.86. The van der Waals surface area contributed by atoms with E-state index in [4.69, 9.17) is 9.52 Å². The molecule has 1 aromatic heterocycles. The number of anilines is 2. The summed E-state index contributed by atoms with van der Waals surface area (Å²) >= 11 is 0. The van der Waals surface area contributed by atoms with Crippen LogP contribution < -0.4 is 10.2 Å². The molecule has 1 heterocycles. The van der Waals surface area contributed by atoms with Crippen LogP contribution in [0.4, 0.5) is 11.4 Å². The van der Waals surface area contributed by atoms with E-state index in [1.807, 2.05) is 43.3 Å². The van der Waals surface area contributed by atoms with Crippen LogP contribution in [0.15, 0.2) is 41.0 Å². The molecule has 0 saturated heterocycles. The average Bonchev–Trinajstić information content (AvgIpc) is 2.85. The van der Waals surface area contributed by atoms with Crippen molar-refractivity contribution in [1.29, 1.82) is 0 Å². The molecule has 0 bridgehead atoms. The monoisotopic (exact) mass is 260 g/mol. The molecule has 0 aliphatic heterocycles. The SMILES string of the molecule is CN(C)c1ccc(NCc2ccoc2C(=O)O)cc1. The molecule has 0 aliphatic carbocycles. The van der Waals surface area contributed by atoms with Crippen molar-refractivity contribution in [2.24, 2.45) is 0 Å². The first kappa shape index (κ1) is 13.0. The number of carboxylic acid groups (broad SMARTS) is 1. The first-order chi connectivity index (χ1) is 9.08. The van der Waals surface area contributed by atoms with Crippen LogP contribution in [0, 0.1) is 0 Å². The van der Waals surface area contributed by atoms with Crippen LogP contribution >= 0.6 is 0 Å². The Labute approximate surface area is 111 Å². The van der Waals surface area contributed by atoms with Gasteiger partial charge < -0.3 is 19.7 Å². The highest BCUT2D eigenvalue weighted by atomic mass is 16.4. The van der Waals surface area contributed by atoms with Crippen molar-refractivity contribution in [3.8, 4) is 0 Å². The molecule has 0 radical (unpaired) electrons. The van der Waals surface area contributed by atoms with Gasteiger partial charge in [0.1, 0.15) is 0 Å². The van der Waals surface area contributed by atoms with Gasteiger partial charge in [0.2, 0.25) is 5.76 Å². The predicted molar refractivity (Wildman–Crippen MR) is 73.8 cm³/mol. The highest BCUT2D eigenvalue weighted by Crippen LogP contribution is 2.17. The smallest absolute Gasteiger partial charge is 0.372 e. The van der Waals surface area contributed by atoms with Gasteiger partial charge in [-0.25, -0.2) is 4.79 Å². The van der Waals surface area contributed by atoms with E-state index in [1.165, 1.54) is 6.26 Å². The van der Waals surface area contributed by atoms with E-state index in [0.29, 0.717) is 12.1 Å². The predicted octanol–water partition coefficient (Wildman–Crippen LogP) is 2.66. The molecule has 5 heteroatoms. The molecule has 0 unspecified atom stereocenters. The number of nitrogens with one attached hydrogen (secondary N) is 1. The Hall–Kier alpha value is -2.43. The number of hydrogen-bond donors (Lipinski definition) is 2. The lowest BCUT2D eigenvalue weighted by atomic mass is 10.2. The second-order valence-electron chi connectivity index (χ2n) is 4.37. The topological polar surface area (TPSA) is 65.7 Å². The van der Waals surface area contributed by atoms with E-state index < -0.39 is 5.97 Å². The molecular formula is C14H16N2O3. The summed E-state index contributed by atoms with van der Waals surface area (Å²) in [5, 5.41) is 12.1. The van der Waals surface area contributed by atoms with E-state index in [1.54, 1.807) is 6.07 Å². The Morgan fingerprint density at radius 1 is 1.26 bits per heavy atom. The summed E-state index contributed by atoms with van der Waals surface area (Å²) in [6, 6.07) is 9.56. The fourth-order valence-corrected chi connectivity index (χ4v) is 1.74. The number of hydrogen-bond acceptors (Lipinski definition) is 4. The van der Waals surface area contributed by atoms with Gasteiger partial charge in [-0.1, -0.05) is 0 Å². The zero-order valence-corrected chi connectivity index (χ0v) is 10.9. The number of furan rings is 1. The maximum Gasteiger partial charge on any atom is 0.372 e. The maximum atomic E-state index is 10.9. The van der Waals surface area contributed by atoms with Crippen molar-refractivity contribution in [3.63, 3.8) is 0 Å². The number of carbonyl (C=O) groups is 1. The number of nitrogens with zero attached hydrogens (tertiary/aromatic N) is 1. The summed E-state index contributed by atoms with van der Waals surface area (Å²) < 4.78 is 4.92. The third-order valence-corrected chi connectivity index (χ3v) is 2.81. The largest absolute Gasteiger partial charge is 0.475 e. The summed E-state index contributed by atoms with van der Waals surface area (Å²) in [7, 11) is 3.96. The van der Waals surface area contributed by atoms with Crippen LogP contribution in [-0.4, -0.2) is 25.2 Å². The minimum absolute atomic E-state index is 0.0163. The zero-order valence-electron chi connectivity index (χ0n) is 10.9. The molecule has 0 atom stereocenters. The summed E-state index contributed by atoms with van der Waals surface area (Å²) in [5.74, 6) is -1.07. The van der Waals surface area contributed by atoms with Crippen molar-refractivity contribution in [2.75, 3.05) is 24.3 Å². The molecule has 19 heavy (non-hydrogen) atoms. The standard InChI is InChI=1S/C14H16N2O3/c1-16(2)12-5-3-11(4-6-12)15-9-10-7-8-19-13(10)14(17)18/h3-8,15H,9H2,1-2H3,(H,17,18). The molecule has 0 saturated carbocycles. The number of rotatable bonds is 5. The van der Waals surface area contributed by atoms with E-state index in [-0.39, 0.29) is 5.76 Å². The molecule has 2 N–H and O–H groups in total. The van der Waals surface area contributed by atoms with Gasteiger partial charge in [0, 0.05) is 37.6 Å². The highest BCUT2D eigenvalue weighted by Gasteiger charge is 2.13. The Morgan fingerprint density at radius 2 is 1.95 bits per heavy atom. The first-order valence-corrected chi connectivity index (χ1v) is 5.89. The van der Waals surface area contributed by atoms with Crippen molar-refractivity contribution < 1.29 is 14.3 Å². The molecule has 5 nitrogen and oxygen atoms in total. The van der Waals surface area contributed by atoms with Gasteiger partial charge in [-0.05, 0) is 30.3 Å². The first-order valence-electron chi connectivity index (χ1n) is 5.89. The van der Waals surface area contributed by atoms with Crippen molar-refractivity contribution in [3.05, 3.63) is 47.9 Å². The molecule has 0 aliphatic rings. The van der Waals surface area contributed by atoms with Gasteiger partial charge in [0.15, 0.2) is 0 Å². The van der Waals surface area contributed by atoms with Crippen LogP contribution in [0.5, 0.6) is 0 Å². The van der Waals surface area contributed by atoms with E-state index in [2.05, 4.69) is 5.32 Å². The second-order valence-corrected chi connectivity index (χ2v) is 4.37. The molecule has 0 amide bonds. The fraction of sp³-hybridized carbons (Fsp3) is 0.214. The van der Waals surface area contributed by atoms with Crippen LogP contribution in [0.2, 0.25) is 0 Å². The van der Waals surface area contributed by atoms with E-state index in [9.17, 15) is 4.79 Å². The minimum Gasteiger partial charge on any atom is -0.475 e. The van der Waals surface area contributed by atoms with E-state index >= 15 is 0 Å². The van der Waals surface area contributed by atoms with Gasteiger partial charge in [0.25, 0.3) is 0 Å². The number of aromatic carboxylic acids is 1. The van der Waals surface area contributed by atoms with Crippen molar-refractivity contribution >= 4 is 17.3 Å². The summed E-state index contributed by atoms with van der Waals surface area (Å²) in [6.07, 6.45) is 1.38. The van der Waals surface area contributed by atoms with Gasteiger partial charge in [0.05, 0.1) is 6.26 Å². The Bertz CT molecular complexity index is 558. The third kappa shape index (κ3) is 3.07. The van der Waals surface area contributed by atoms with E-state index in [0.717, 1.165) is 11.4 Å². The fourth-order valence-electron chi connectivity index (χ4n) is 1.74.